The van der Waals surface area contributed by atoms with Crippen molar-refractivity contribution in [1.82, 2.24) is 4.31 Å². The van der Waals surface area contributed by atoms with E-state index in [1.165, 1.54) is 38.4 Å². The molecule has 0 radical (unpaired) electrons. The number of hydrogen-bond donors (Lipinski definition) is 1. The molecule has 2 aromatic rings. The Morgan fingerprint density at radius 3 is 2.64 bits per heavy atom. The van der Waals surface area contributed by atoms with E-state index in [0.29, 0.717) is 29.7 Å². The summed E-state index contributed by atoms with van der Waals surface area (Å²) in [7, 11) is -0.836. The summed E-state index contributed by atoms with van der Waals surface area (Å²) in [5.74, 6) is 0.0497. The number of rotatable bonds is 4. The third kappa shape index (κ3) is 3.37. The number of sulfonamides is 1. The van der Waals surface area contributed by atoms with Gasteiger partial charge in [-0.2, -0.15) is 0 Å². The molecule has 1 N–H and O–H groups in total. The van der Waals surface area contributed by atoms with E-state index in [4.69, 9.17) is 16.3 Å². The van der Waals surface area contributed by atoms with E-state index in [-0.39, 0.29) is 15.7 Å². The summed E-state index contributed by atoms with van der Waals surface area (Å²) in [5, 5.41) is 10.5. The van der Waals surface area contributed by atoms with Gasteiger partial charge in [-0.25, -0.2) is 17.1 Å². The maximum absolute atomic E-state index is 13.5. The van der Waals surface area contributed by atoms with Gasteiger partial charge in [-0.1, -0.05) is 11.6 Å². The van der Waals surface area contributed by atoms with E-state index < -0.39 is 21.9 Å². The number of benzene rings is 2. The maximum atomic E-state index is 13.5. The molecule has 5 nitrogen and oxygen atoms in total. The van der Waals surface area contributed by atoms with Gasteiger partial charge in [0.25, 0.3) is 0 Å². The Morgan fingerprint density at radius 2 is 2.00 bits per heavy atom. The topological polar surface area (TPSA) is 66.8 Å². The first-order chi connectivity index (χ1) is 11.7. The van der Waals surface area contributed by atoms with Crippen LogP contribution in [0.15, 0.2) is 35.2 Å². The Labute approximate surface area is 150 Å². The monoisotopic (exact) mass is 385 g/mol. The smallest absolute Gasteiger partial charge is 0.242 e. The Bertz CT molecular complexity index is 910. The number of halogens is 2. The van der Waals surface area contributed by atoms with Crippen LogP contribution in [0.3, 0.4) is 0 Å². The van der Waals surface area contributed by atoms with Gasteiger partial charge in [-0.3, -0.25) is 0 Å². The van der Waals surface area contributed by atoms with Crippen LogP contribution in [-0.2, 0) is 16.4 Å². The van der Waals surface area contributed by atoms with Gasteiger partial charge in [0.05, 0.1) is 11.0 Å². The van der Waals surface area contributed by atoms with Crippen LogP contribution >= 0.6 is 11.6 Å². The summed E-state index contributed by atoms with van der Waals surface area (Å²) in [6.45, 7) is 0. The van der Waals surface area contributed by atoms with E-state index in [0.717, 1.165) is 10.4 Å². The van der Waals surface area contributed by atoms with Gasteiger partial charge < -0.3 is 9.84 Å². The van der Waals surface area contributed by atoms with Crippen LogP contribution < -0.4 is 4.74 Å². The van der Waals surface area contributed by atoms with Gasteiger partial charge in [0.2, 0.25) is 10.0 Å². The van der Waals surface area contributed by atoms with Crippen molar-refractivity contribution in [2.75, 3.05) is 14.1 Å². The lowest BCUT2D eigenvalue weighted by atomic mass is 10.1. The first-order valence-corrected chi connectivity index (χ1v) is 9.42. The molecule has 0 aliphatic heterocycles. The SMILES string of the molecule is CN(C)S(=O)(=O)c1ccc(Oc2cc(F)cc(Cl)c2)c2c1C(O)CC2. The van der Waals surface area contributed by atoms with Crippen molar-refractivity contribution in [3.05, 3.63) is 52.3 Å². The van der Waals surface area contributed by atoms with E-state index in [1.54, 1.807) is 0 Å². The summed E-state index contributed by atoms with van der Waals surface area (Å²) in [6.07, 6.45) is -0.0271. The second kappa shape index (κ2) is 6.57. The van der Waals surface area contributed by atoms with Crippen LogP contribution in [-0.4, -0.2) is 31.9 Å². The molecule has 0 aromatic heterocycles. The summed E-state index contributed by atoms with van der Waals surface area (Å²) >= 11 is 5.83. The minimum atomic E-state index is -3.70. The van der Waals surface area contributed by atoms with E-state index >= 15 is 0 Å². The molecule has 0 heterocycles. The van der Waals surface area contributed by atoms with Crippen molar-refractivity contribution in [3.8, 4) is 11.5 Å². The number of aliphatic hydroxyl groups excluding tert-OH is 1. The third-order valence-corrected chi connectivity index (χ3v) is 6.19. The van der Waals surface area contributed by atoms with E-state index in [9.17, 15) is 17.9 Å². The molecule has 8 heteroatoms. The first kappa shape index (κ1) is 18.1. The van der Waals surface area contributed by atoms with E-state index in [2.05, 4.69) is 0 Å². The molecule has 0 spiro atoms. The molecule has 1 unspecified atom stereocenters. The Balaban J connectivity index is 2.09. The second-order valence-electron chi connectivity index (χ2n) is 6.00. The normalized spacial score (nSPS) is 17.0. The zero-order valence-electron chi connectivity index (χ0n) is 13.7. The quantitative estimate of drug-likeness (QED) is 0.874. The lowest BCUT2D eigenvalue weighted by molar-refractivity contribution is 0.177. The molecule has 1 aliphatic rings. The molecule has 0 bridgehead atoms. The van der Waals surface area contributed by atoms with Crippen LogP contribution in [0.2, 0.25) is 5.02 Å². The predicted molar refractivity (Wildman–Crippen MR) is 92.1 cm³/mol. The van der Waals surface area contributed by atoms with E-state index in [1.807, 2.05) is 0 Å². The minimum absolute atomic E-state index is 0.0575. The van der Waals surface area contributed by atoms with Crippen molar-refractivity contribution >= 4 is 21.6 Å². The molecular weight excluding hydrogens is 369 g/mol. The van der Waals surface area contributed by atoms with Gasteiger partial charge in [0.1, 0.15) is 17.3 Å². The van der Waals surface area contributed by atoms with Crippen LogP contribution in [0.1, 0.15) is 23.7 Å². The average molecular weight is 386 g/mol. The summed E-state index contributed by atoms with van der Waals surface area (Å²) in [6, 6.07) is 6.74. The van der Waals surface area contributed by atoms with Crippen LogP contribution in [0.25, 0.3) is 0 Å². The standard InChI is InChI=1S/C17H17ClFNO4S/c1-20(2)25(22,23)16-6-5-15(13-3-4-14(21)17(13)16)24-12-8-10(18)7-11(19)9-12/h5-9,14,21H,3-4H2,1-2H3. The highest BCUT2D eigenvalue weighted by molar-refractivity contribution is 7.89. The van der Waals surface area contributed by atoms with Crippen LogP contribution in [0.4, 0.5) is 4.39 Å². The van der Waals surface area contributed by atoms with Crippen molar-refractivity contribution < 1.29 is 22.7 Å². The van der Waals surface area contributed by atoms with Crippen LogP contribution in [0.5, 0.6) is 11.5 Å². The predicted octanol–water partition coefficient (Wildman–Crippen LogP) is 3.50. The fourth-order valence-electron chi connectivity index (χ4n) is 2.90. The number of hydrogen-bond acceptors (Lipinski definition) is 4. The van der Waals surface area contributed by atoms with Gasteiger partial charge in [0.15, 0.2) is 0 Å². The zero-order chi connectivity index (χ0) is 18.4. The van der Waals surface area contributed by atoms with Crippen molar-refractivity contribution in [3.63, 3.8) is 0 Å². The molecule has 0 fully saturated rings. The van der Waals surface area contributed by atoms with Crippen LogP contribution in [0, 0.1) is 5.82 Å². The molecule has 134 valence electrons. The minimum Gasteiger partial charge on any atom is -0.457 e. The Morgan fingerprint density at radius 1 is 1.28 bits per heavy atom. The largest absolute Gasteiger partial charge is 0.457 e. The number of nitrogens with zero attached hydrogens (tertiary/aromatic N) is 1. The highest BCUT2D eigenvalue weighted by Crippen LogP contribution is 2.43. The fraction of sp³-hybridized carbons (Fsp3) is 0.294. The Kier molecular flexibility index (Phi) is 4.76. The number of ether oxygens (including phenoxy) is 1. The van der Waals surface area contributed by atoms with Crippen molar-refractivity contribution in [1.29, 1.82) is 0 Å². The first-order valence-electron chi connectivity index (χ1n) is 7.60. The molecule has 1 aliphatic carbocycles. The number of fused-ring (bicyclic) bond motifs is 1. The second-order valence-corrected chi connectivity index (χ2v) is 8.56. The molecule has 1 atom stereocenters. The molecule has 25 heavy (non-hydrogen) atoms. The summed E-state index contributed by atoms with van der Waals surface area (Å²) in [4.78, 5) is 0.0575. The molecule has 2 aromatic carbocycles. The zero-order valence-corrected chi connectivity index (χ0v) is 15.2. The van der Waals surface area contributed by atoms with Crippen molar-refractivity contribution in [2.24, 2.45) is 0 Å². The summed E-state index contributed by atoms with van der Waals surface area (Å²) in [5.41, 5.74) is 0.949. The van der Waals surface area contributed by atoms with Gasteiger partial charge in [0, 0.05) is 36.3 Å². The molecule has 0 saturated heterocycles. The maximum Gasteiger partial charge on any atom is 0.242 e. The highest BCUT2D eigenvalue weighted by atomic mass is 35.5. The van der Waals surface area contributed by atoms with Gasteiger partial charge in [-0.05, 0) is 37.1 Å². The number of aliphatic hydroxyl groups is 1. The fourth-order valence-corrected chi connectivity index (χ4v) is 4.29. The highest BCUT2D eigenvalue weighted by Gasteiger charge is 2.33. The average Bonchev–Trinajstić information content (AvgIpc) is 2.89. The molecular formula is C17H17ClFNO4S. The lowest BCUT2D eigenvalue weighted by Crippen LogP contribution is -2.24. The molecule has 3 rings (SSSR count). The molecule has 0 saturated carbocycles. The summed E-state index contributed by atoms with van der Waals surface area (Å²) < 4.78 is 45.3. The van der Waals surface area contributed by atoms with Crippen molar-refractivity contribution in [2.45, 2.75) is 23.8 Å². The van der Waals surface area contributed by atoms with Gasteiger partial charge in [-0.15, -0.1) is 0 Å². The lowest BCUT2D eigenvalue weighted by Gasteiger charge is -2.18. The molecule has 0 amide bonds. The Hall–Kier alpha value is -1.67. The van der Waals surface area contributed by atoms with Gasteiger partial charge >= 0.3 is 0 Å². The third-order valence-electron chi connectivity index (χ3n) is 4.10.